The summed E-state index contributed by atoms with van der Waals surface area (Å²) in [6.07, 6.45) is 1.48. The van der Waals surface area contributed by atoms with Crippen LogP contribution in [0.15, 0.2) is 88.3 Å². The zero-order valence-corrected chi connectivity index (χ0v) is 20.0. The van der Waals surface area contributed by atoms with Crippen molar-refractivity contribution in [2.45, 2.75) is 5.92 Å². The minimum atomic E-state index is -0.755. The van der Waals surface area contributed by atoms with Gasteiger partial charge >= 0.3 is 5.63 Å². The quantitative estimate of drug-likeness (QED) is 0.163. The molecule has 1 atom stereocenters. The molecule has 3 aromatic heterocycles. The van der Waals surface area contributed by atoms with E-state index in [2.05, 4.69) is 10.1 Å². The molecule has 11 heteroatoms. The molecule has 1 aliphatic heterocycles. The third-order valence-corrected chi connectivity index (χ3v) is 6.84. The van der Waals surface area contributed by atoms with Crippen molar-refractivity contribution in [2.75, 3.05) is 0 Å². The van der Waals surface area contributed by atoms with E-state index in [1.54, 1.807) is 42.5 Å². The predicted octanol–water partition coefficient (Wildman–Crippen LogP) is 5.75. The molecular formula is C27H14ClN5O5. The van der Waals surface area contributed by atoms with Gasteiger partial charge in [-0.15, -0.1) is 5.10 Å². The Morgan fingerprint density at radius 1 is 0.974 bits per heavy atom. The third-order valence-electron chi connectivity index (χ3n) is 6.51. The molecule has 0 aliphatic carbocycles. The van der Waals surface area contributed by atoms with Gasteiger partial charge in [0.25, 0.3) is 5.69 Å². The number of nitrogens with zero attached hydrogens (tertiary/aromatic N) is 5. The van der Waals surface area contributed by atoms with E-state index in [0.29, 0.717) is 49.9 Å². The van der Waals surface area contributed by atoms with Crippen molar-refractivity contribution in [2.24, 2.45) is 0 Å². The number of aromatic nitrogens is 4. The molecule has 0 spiro atoms. The highest BCUT2D eigenvalue weighted by Crippen LogP contribution is 2.49. The number of hydrogen-bond acceptors (Lipinski definition) is 8. The molecule has 0 radical (unpaired) electrons. The second-order valence-electron chi connectivity index (χ2n) is 8.66. The summed E-state index contributed by atoms with van der Waals surface area (Å²) >= 11 is 6.40. The first kappa shape index (κ1) is 22.1. The van der Waals surface area contributed by atoms with Crippen LogP contribution in [0.3, 0.4) is 0 Å². The Labute approximate surface area is 217 Å². The van der Waals surface area contributed by atoms with E-state index in [4.69, 9.17) is 25.7 Å². The molecule has 10 nitrogen and oxygen atoms in total. The number of para-hydroxylation sites is 1. The zero-order valence-electron chi connectivity index (χ0n) is 19.2. The zero-order chi connectivity index (χ0) is 26.0. The van der Waals surface area contributed by atoms with Gasteiger partial charge in [0.1, 0.15) is 11.9 Å². The number of non-ortho nitro benzene ring substituents is 1. The molecule has 1 aliphatic rings. The standard InChI is InChI=1S/C27H14ClN5O5/c28-18-7-3-1-5-16(18)24-30-25-22-20(14-9-11-15(12-10-14)33(35)36)21-23(38-26(22)29-13-32(25)31-24)17-6-2-4-8-19(17)37-27(21)34/h1-13,20H. The van der Waals surface area contributed by atoms with Gasteiger partial charge in [0.15, 0.2) is 17.2 Å². The van der Waals surface area contributed by atoms with Gasteiger partial charge in [-0.2, -0.15) is 0 Å². The van der Waals surface area contributed by atoms with Crippen LogP contribution in [0.4, 0.5) is 5.69 Å². The van der Waals surface area contributed by atoms with Crippen LogP contribution in [0.5, 0.6) is 11.6 Å². The molecule has 7 rings (SSSR count). The van der Waals surface area contributed by atoms with Crippen LogP contribution in [0.2, 0.25) is 5.02 Å². The van der Waals surface area contributed by atoms with Gasteiger partial charge in [-0.25, -0.2) is 19.3 Å². The number of nitro benzene ring substituents is 1. The summed E-state index contributed by atoms with van der Waals surface area (Å²) in [5.41, 5.74) is 2.03. The molecule has 38 heavy (non-hydrogen) atoms. The predicted molar refractivity (Wildman–Crippen MR) is 138 cm³/mol. The van der Waals surface area contributed by atoms with Crippen molar-refractivity contribution in [1.82, 2.24) is 19.6 Å². The number of ether oxygens (including phenoxy) is 1. The molecule has 4 heterocycles. The Balaban J connectivity index is 1.54. The number of nitro groups is 1. The lowest BCUT2D eigenvalue weighted by Crippen LogP contribution is -2.22. The fourth-order valence-corrected chi connectivity index (χ4v) is 5.03. The molecule has 0 N–H and O–H groups in total. The average molecular weight is 524 g/mol. The van der Waals surface area contributed by atoms with Gasteiger partial charge in [0.05, 0.1) is 32.4 Å². The SMILES string of the molecule is O=c1oc2ccccc2c2c1C(c1ccc([N+](=O)[O-])cc1)c1c(ncn3nc(-c4ccccc4Cl)nc13)O2. The van der Waals surface area contributed by atoms with Crippen molar-refractivity contribution in [3.8, 4) is 23.0 Å². The normalized spacial score (nSPS) is 14.2. The maximum absolute atomic E-state index is 13.4. The van der Waals surface area contributed by atoms with E-state index < -0.39 is 16.5 Å². The van der Waals surface area contributed by atoms with Crippen LogP contribution in [0.25, 0.3) is 28.0 Å². The van der Waals surface area contributed by atoms with Crippen LogP contribution in [-0.2, 0) is 0 Å². The smallest absolute Gasteiger partial charge is 0.344 e. The topological polar surface area (TPSA) is 126 Å². The molecule has 0 saturated heterocycles. The molecule has 0 amide bonds. The van der Waals surface area contributed by atoms with Crippen molar-refractivity contribution in [3.05, 3.63) is 121 Å². The Kier molecular flexibility index (Phi) is 4.79. The van der Waals surface area contributed by atoms with Gasteiger partial charge in [-0.1, -0.05) is 48.0 Å². The van der Waals surface area contributed by atoms with E-state index in [1.807, 2.05) is 18.2 Å². The Morgan fingerprint density at radius 3 is 2.53 bits per heavy atom. The van der Waals surface area contributed by atoms with Crippen molar-refractivity contribution in [1.29, 1.82) is 0 Å². The summed E-state index contributed by atoms with van der Waals surface area (Å²) in [5.74, 6) is 0.164. The number of benzene rings is 3. The fraction of sp³-hybridized carbons (Fsp3) is 0.0370. The first-order valence-electron chi connectivity index (χ1n) is 11.5. The van der Waals surface area contributed by atoms with E-state index in [9.17, 15) is 14.9 Å². The second kappa shape index (κ2) is 8.22. The Bertz CT molecular complexity index is 1980. The summed E-state index contributed by atoms with van der Waals surface area (Å²) in [6, 6.07) is 20.2. The van der Waals surface area contributed by atoms with Crippen molar-refractivity contribution >= 4 is 33.9 Å². The van der Waals surface area contributed by atoms with Crippen LogP contribution in [-0.4, -0.2) is 24.5 Å². The molecule has 0 saturated carbocycles. The fourth-order valence-electron chi connectivity index (χ4n) is 4.81. The maximum atomic E-state index is 13.4. The summed E-state index contributed by atoms with van der Waals surface area (Å²) in [5, 5.41) is 16.9. The first-order chi connectivity index (χ1) is 18.5. The minimum absolute atomic E-state index is 0.0772. The van der Waals surface area contributed by atoms with Gasteiger partial charge in [-0.3, -0.25) is 10.1 Å². The summed E-state index contributed by atoms with van der Waals surface area (Å²) in [7, 11) is 0. The van der Waals surface area contributed by atoms with E-state index in [-0.39, 0.29) is 17.1 Å². The lowest BCUT2D eigenvalue weighted by atomic mass is 9.84. The molecule has 184 valence electrons. The number of rotatable bonds is 3. The van der Waals surface area contributed by atoms with Gasteiger partial charge in [-0.05, 0) is 29.8 Å². The van der Waals surface area contributed by atoms with Gasteiger partial charge < -0.3 is 9.15 Å². The van der Waals surface area contributed by atoms with Crippen LogP contribution >= 0.6 is 11.6 Å². The highest BCUT2D eigenvalue weighted by Gasteiger charge is 2.37. The van der Waals surface area contributed by atoms with E-state index in [1.165, 1.54) is 23.0 Å². The van der Waals surface area contributed by atoms with E-state index >= 15 is 0 Å². The lowest BCUT2D eigenvalue weighted by Gasteiger charge is -2.27. The molecular weight excluding hydrogens is 510 g/mol. The summed E-state index contributed by atoms with van der Waals surface area (Å²) in [4.78, 5) is 33.5. The van der Waals surface area contributed by atoms with Gasteiger partial charge in [0.2, 0.25) is 5.88 Å². The van der Waals surface area contributed by atoms with Crippen LogP contribution in [0.1, 0.15) is 22.6 Å². The van der Waals surface area contributed by atoms with Crippen LogP contribution in [0, 0.1) is 10.1 Å². The second-order valence-corrected chi connectivity index (χ2v) is 9.07. The van der Waals surface area contributed by atoms with Gasteiger partial charge in [0, 0.05) is 17.7 Å². The van der Waals surface area contributed by atoms with E-state index in [0.717, 1.165) is 0 Å². The molecule has 0 fully saturated rings. The van der Waals surface area contributed by atoms with Crippen LogP contribution < -0.4 is 10.4 Å². The Morgan fingerprint density at radius 2 is 1.74 bits per heavy atom. The molecule has 0 bridgehead atoms. The maximum Gasteiger partial charge on any atom is 0.344 e. The monoisotopic (exact) mass is 523 g/mol. The average Bonchev–Trinajstić information content (AvgIpc) is 3.37. The number of hydrogen-bond donors (Lipinski definition) is 0. The number of fused-ring (bicyclic) bond motifs is 6. The largest absolute Gasteiger partial charge is 0.437 e. The summed E-state index contributed by atoms with van der Waals surface area (Å²) < 4.78 is 13.4. The molecule has 6 aromatic rings. The summed E-state index contributed by atoms with van der Waals surface area (Å²) in [6.45, 7) is 0. The van der Waals surface area contributed by atoms with Crippen molar-refractivity contribution < 1.29 is 14.1 Å². The molecule has 1 unspecified atom stereocenters. The molecule has 3 aromatic carbocycles. The third kappa shape index (κ3) is 3.27. The highest BCUT2D eigenvalue weighted by molar-refractivity contribution is 6.33. The first-order valence-corrected chi connectivity index (χ1v) is 11.9. The highest BCUT2D eigenvalue weighted by atomic mass is 35.5. The number of halogens is 1. The van der Waals surface area contributed by atoms with Crippen molar-refractivity contribution in [3.63, 3.8) is 0 Å². The Hall–Kier alpha value is -5.09. The lowest BCUT2D eigenvalue weighted by molar-refractivity contribution is -0.384. The minimum Gasteiger partial charge on any atom is -0.437 e.